The summed E-state index contributed by atoms with van der Waals surface area (Å²) in [6.45, 7) is 6.32. The number of furan rings is 1. The van der Waals surface area contributed by atoms with E-state index in [0.717, 1.165) is 24.6 Å². The second-order valence-electron chi connectivity index (χ2n) is 8.01. The fourth-order valence-electron chi connectivity index (χ4n) is 4.05. The number of ether oxygens (including phenoxy) is 2. The number of rotatable bonds is 7. The van der Waals surface area contributed by atoms with Crippen LogP contribution in [0, 0.1) is 6.92 Å². The predicted octanol–water partition coefficient (Wildman–Crippen LogP) is 0.751. The molecule has 32 heavy (non-hydrogen) atoms. The number of hydrogen-bond donors (Lipinski definition) is 1. The summed E-state index contributed by atoms with van der Waals surface area (Å²) in [4.78, 5) is 15.3. The molecule has 2 aliphatic rings. The zero-order valence-electron chi connectivity index (χ0n) is 18.5. The van der Waals surface area contributed by atoms with Gasteiger partial charge in [-0.05, 0) is 25.1 Å². The number of sulfonamides is 1. The van der Waals surface area contributed by atoms with Crippen LogP contribution in [0.2, 0.25) is 0 Å². The third-order valence-electron chi connectivity index (χ3n) is 5.85. The molecule has 10 nitrogen and oxygen atoms in total. The lowest BCUT2D eigenvalue weighted by atomic mass is 10.1. The largest absolute Gasteiger partial charge is 0.465 e. The van der Waals surface area contributed by atoms with E-state index in [-0.39, 0.29) is 22.5 Å². The van der Waals surface area contributed by atoms with E-state index in [0.29, 0.717) is 46.1 Å². The van der Waals surface area contributed by atoms with Crippen LogP contribution in [0.4, 0.5) is 0 Å². The maximum atomic E-state index is 13.0. The summed E-state index contributed by atoms with van der Waals surface area (Å²) < 4.78 is 45.3. The Labute approximate surface area is 188 Å². The van der Waals surface area contributed by atoms with Gasteiger partial charge in [-0.2, -0.15) is 4.31 Å². The van der Waals surface area contributed by atoms with E-state index in [1.165, 1.54) is 16.6 Å². The number of nitrogens with zero attached hydrogens (tertiary/aromatic N) is 3. The number of carbonyl (C=O) groups excluding carboxylic acids is 1. The zero-order chi connectivity index (χ0) is 22.7. The van der Waals surface area contributed by atoms with Gasteiger partial charge in [0.25, 0.3) is 5.91 Å². The Morgan fingerprint density at radius 1 is 1.09 bits per heavy atom. The molecule has 0 aliphatic carbocycles. The molecule has 1 amide bonds. The molecule has 1 N–H and O–H groups in total. The van der Waals surface area contributed by atoms with Crippen LogP contribution < -0.4 is 5.32 Å². The Kier molecular flexibility index (Phi) is 7.01. The first-order chi connectivity index (χ1) is 15.4. The Hall–Kier alpha value is -2.18. The highest BCUT2D eigenvalue weighted by Gasteiger charge is 2.30. The third-order valence-corrected chi connectivity index (χ3v) is 7.72. The van der Waals surface area contributed by atoms with Crippen LogP contribution in [0.5, 0.6) is 0 Å². The summed E-state index contributed by atoms with van der Waals surface area (Å²) in [6.07, 6.45) is 1.48. The summed E-state index contributed by atoms with van der Waals surface area (Å²) in [5, 5.41) is 2.96. The second kappa shape index (κ2) is 9.75. The predicted molar refractivity (Wildman–Crippen MR) is 116 cm³/mol. The first kappa shape index (κ1) is 23.0. The van der Waals surface area contributed by atoms with Gasteiger partial charge < -0.3 is 23.8 Å². The number of morpholine rings is 2. The number of aryl methyl sites for hydroxylation is 2. The molecule has 0 unspecified atom stereocenters. The number of aromatic nitrogens is 1. The summed E-state index contributed by atoms with van der Waals surface area (Å²) >= 11 is 0. The van der Waals surface area contributed by atoms with Crippen LogP contribution >= 0.6 is 0 Å². The maximum Gasteiger partial charge on any atom is 0.268 e. The summed E-state index contributed by atoms with van der Waals surface area (Å²) in [6, 6.07) is 5.14. The number of hydrogen-bond acceptors (Lipinski definition) is 7. The molecule has 1 atom stereocenters. The van der Waals surface area contributed by atoms with Gasteiger partial charge in [0.1, 0.15) is 22.1 Å². The van der Waals surface area contributed by atoms with Crippen molar-refractivity contribution in [3.8, 4) is 0 Å². The summed E-state index contributed by atoms with van der Waals surface area (Å²) in [5.74, 6) is 1.26. The fraction of sp³-hybridized carbons (Fsp3) is 0.571. The lowest BCUT2D eigenvalue weighted by Gasteiger charge is -2.33. The molecule has 2 aromatic rings. The van der Waals surface area contributed by atoms with Gasteiger partial charge in [-0.3, -0.25) is 9.69 Å². The quantitative estimate of drug-likeness (QED) is 0.642. The summed E-state index contributed by atoms with van der Waals surface area (Å²) in [7, 11) is -2.00. The Balaban J connectivity index is 1.48. The van der Waals surface area contributed by atoms with Gasteiger partial charge >= 0.3 is 0 Å². The minimum atomic E-state index is -3.67. The Morgan fingerprint density at radius 3 is 2.38 bits per heavy atom. The fourth-order valence-corrected chi connectivity index (χ4v) is 5.53. The molecular formula is C21H30N4O6S. The number of nitrogens with one attached hydrogen (secondary N) is 1. The monoisotopic (exact) mass is 466 g/mol. The molecule has 2 fully saturated rings. The normalized spacial score (nSPS) is 19.7. The minimum Gasteiger partial charge on any atom is -0.465 e. The molecule has 176 valence electrons. The highest BCUT2D eigenvalue weighted by molar-refractivity contribution is 7.89. The SMILES string of the molecule is Cc1ccc([C@H](CNC(=O)c2cc(S(=O)(=O)N3CCOCC3)cn2C)N2CCOCC2)o1. The molecule has 4 rings (SSSR count). The molecule has 4 heterocycles. The van der Waals surface area contributed by atoms with E-state index in [2.05, 4.69) is 10.2 Å². The molecule has 11 heteroatoms. The van der Waals surface area contributed by atoms with Crippen molar-refractivity contribution >= 4 is 15.9 Å². The second-order valence-corrected chi connectivity index (χ2v) is 9.95. The van der Waals surface area contributed by atoms with Crippen molar-refractivity contribution < 1.29 is 27.1 Å². The van der Waals surface area contributed by atoms with Gasteiger partial charge in [-0.25, -0.2) is 8.42 Å². The first-order valence-electron chi connectivity index (χ1n) is 10.8. The lowest BCUT2D eigenvalue weighted by molar-refractivity contribution is 0.0116. The Bertz CT molecular complexity index is 1030. The molecule has 0 bridgehead atoms. The van der Waals surface area contributed by atoms with Crippen molar-refractivity contribution in [3.63, 3.8) is 0 Å². The van der Waals surface area contributed by atoms with Crippen molar-refractivity contribution in [2.45, 2.75) is 17.9 Å². The van der Waals surface area contributed by atoms with E-state index < -0.39 is 10.0 Å². The van der Waals surface area contributed by atoms with E-state index in [1.807, 2.05) is 19.1 Å². The first-order valence-corrected chi connectivity index (χ1v) is 12.2. The molecule has 2 aliphatic heterocycles. The van der Waals surface area contributed by atoms with Crippen molar-refractivity contribution in [3.05, 3.63) is 41.6 Å². The van der Waals surface area contributed by atoms with Crippen LogP contribution in [0.25, 0.3) is 0 Å². The van der Waals surface area contributed by atoms with Gasteiger partial charge in [-0.1, -0.05) is 0 Å². The highest BCUT2D eigenvalue weighted by Crippen LogP contribution is 2.24. The van der Waals surface area contributed by atoms with Crippen molar-refractivity contribution in [2.24, 2.45) is 7.05 Å². The van der Waals surface area contributed by atoms with E-state index in [4.69, 9.17) is 13.9 Å². The van der Waals surface area contributed by atoms with Gasteiger partial charge in [0.2, 0.25) is 10.0 Å². The summed E-state index contributed by atoms with van der Waals surface area (Å²) in [5.41, 5.74) is 0.285. The molecule has 0 saturated carbocycles. The van der Waals surface area contributed by atoms with E-state index >= 15 is 0 Å². The smallest absolute Gasteiger partial charge is 0.268 e. The third kappa shape index (κ3) is 4.91. The number of amides is 1. The van der Waals surface area contributed by atoms with Gasteiger partial charge in [0, 0.05) is 46.0 Å². The minimum absolute atomic E-state index is 0.110. The molecule has 0 radical (unpaired) electrons. The zero-order valence-corrected chi connectivity index (χ0v) is 19.3. The van der Waals surface area contributed by atoms with Gasteiger partial charge in [0.05, 0.1) is 32.5 Å². The van der Waals surface area contributed by atoms with Gasteiger partial charge in [-0.15, -0.1) is 0 Å². The molecule has 0 aromatic carbocycles. The Morgan fingerprint density at radius 2 is 1.75 bits per heavy atom. The highest BCUT2D eigenvalue weighted by atomic mass is 32.2. The van der Waals surface area contributed by atoms with Crippen LogP contribution in [0.15, 0.2) is 33.7 Å². The van der Waals surface area contributed by atoms with Crippen molar-refractivity contribution in [1.82, 2.24) is 19.1 Å². The van der Waals surface area contributed by atoms with Crippen LogP contribution in [0.1, 0.15) is 28.1 Å². The van der Waals surface area contributed by atoms with Gasteiger partial charge in [0.15, 0.2) is 0 Å². The van der Waals surface area contributed by atoms with E-state index in [9.17, 15) is 13.2 Å². The van der Waals surface area contributed by atoms with Crippen LogP contribution in [-0.2, 0) is 26.5 Å². The van der Waals surface area contributed by atoms with E-state index in [1.54, 1.807) is 11.6 Å². The lowest BCUT2D eigenvalue weighted by Crippen LogP contribution is -2.43. The molecular weight excluding hydrogens is 436 g/mol. The van der Waals surface area contributed by atoms with Crippen molar-refractivity contribution in [1.29, 1.82) is 0 Å². The van der Waals surface area contributed by atoms with Crippen LogP contribution in [0.3, 0.4) is 0 Å². The molecule has 2 saturated heterocycles. The molecule has 2 aromatic heterocycles. The van der Waals surface area contributed by atoms with Crippen molar-refractivity contribution in [2.75, 3.05) is 59.2 Å². The maximum absolute atomic E-state index is 13.0. The topological polar surface area (TPSA) is 106 Å². The average molecular weight is 467 g/mol. The molecule has 0 spiro atoms. The van der Waals surface area contributed by atoms with Crippen LogP contribution in [-0.4, -0.2) is 87.2 Å². The average Bonchev–Trinajstić information content (AvgIpc) is 3.41. The standard InChI is InChI=1S/C21H30N4O6S/c1-16-3-4-20(31-16)19(24-5-9-29-10-6-24)14-22-21(26)18-13-17(15-23(18)2)32(27,28)25-7-11-30-12-8-25/h3-4,13,15,19H,5-12,14H2,1-2H3,(H,22,26)/t19-/m0/s1. The number of carbonyl (C=O) groups is 1.